The van der Waals surface area contributed by atoms with Crippen molar-refractivity contribution in [2.75, 3.05) is 5.32 Å². The Labute approximate surface area is 115 Å². The first-order chi connectivity index (χ1) is 9.40. The molecule has 1 heterocycles. The van der Waals surface area contributed by atoms with Crippen LogP contribution in [0.1, 0.15) is 38.3 Å². The molecule has 1 fully saturated rings. The van der Waals surface area contributed by atoms with E-state index in [0.29, 0.717) is 18.7 Å². The lowest BCUT2D eigenvalue weighted by Gasteiger charge is -2.29. The van der Waals surface area contributed by atoms with Crippen LogP contribution in [0.15, 0.2) is 6.07 Å². The second kappa shape index (κ2) is 5.85. The van der Waals surface area contributed by atoms with E-state index in [1.165, 1.54) is 0 Å². The Morgan fingerprint density at radius 3 is 2.85 bits per heavy atom. The van der Waals surface area contributed by atoms with Gasteiger partial charge in [0.15, 0.2) is 5.82 Å². The second-order valence-electron chi connectivity index (χ2n) is 5.22. The van der Waals surface area contributed by atoms with Crippen molar-refractivity contribution in [3.05, 3.63) is 11.8 Å². The standard InChI is InChI=1S/C13H18F3N3O/c1-2-10-7-11(19-18-10)17-12(20)8-4-3-5-9(6-8)13(14,15)16/h7-9H,2-6H2,1H3,(H2,17,18,19,20). The van der Waals surface area contributed by atoms with Gasteiger partial charge in [0.2, 0.25) is 5.91 Å². The van der Waals surface area contributed by atoms with Crippen LogP contribution in [0.4, 0.5) is 19.0 Å². The molecule has 0 spiro atoms. The molecular formula is C13H18F3N3O. The van der Waals surface area contributed by atoms with E-state index in [-0.39, 0.29) is 18.7 Å². The maximum atomic E-state index is 12.7. The number of hydrogen-bond acceptors (Lipinski definition) is 2. The van der Waals surface area contributed by atoms with Crippen molar-refractivity contribution >= 4 is 11.7 Å². The molecule has 1 saturated carbocycles. The molecule has 20 heavy (non-hydrogen) atoms. The van der Waals surface area contributed by atoms with Gasteiger partial charge in [-0.3, -0.25) is 9.89 Å². The lowest BCUT2D eigenvalue weighted by Crippen LogP contribution is -2.34. The SMILES string of the molecule is CCc1cc(NC(=O)C2CCCC(C(F)(F)F)C2)n[nH]1. The summed E-state index contributed by atoms with van der Waals surface area (Å²) in [7, 11) is 0. The van der Waals surface area contributed by atoms with E-state index in [9.17, 15) is 18.0 Å². The summed E-state index contributed by atoms with van der Waals surface area (Å²) >= 11 is 0. The molecule has 1 amide bonds. The van der Waals surface area contributed by atoms with Gasteiger partial charge >= 0.3 is 6.18 Å². The van der Waals surface area contributed by atoms with E-state index in [0.717, 1.165) is 12.1 Å². The predicted molar refractivity (Wildman–Crippen MR) is 68.1 cm³/mol. The van der Waals surface area contributed by atoms with E-state index in [4.69, 9.17) is 0 Å². The highest BCUT2D eigenvalue weighted by Crippen LogP contribution is 2.40. The zero-order chi connectivity index (χ0) is 14.8. The van der Waals surface area contributed by atoms with Crippen LogP contribution < -0.4 is 5.32 Å². The third-order valence-electron chi connectivity index (χ3n) is 3.77. The Balaban J connectivity index is 1.95. The lowest BCUT2D eigenvalue weighted by molar-refractivity contribution is -0.185. The molecule has 0 aromatic carbocycles. The molecule has 2 N–H and O–H groups in total. The van der Waals surface area contributed by atoms with Gasteiger partial charge in [-0.25, -0.2) is 0 Å². The number of alkyl halides is 3. The Kier molecular flexibility index (Phi) is 4.35. The zero-order valence-electron chi connectivity index (χ0n) is 11.3. The van der Waals surface area contributed by atoms with Gasteiger partial charge in [0.1, 0.15) is 0 Å². The zero-order valence-corrected chi connectivity index (χ0v) is 11.3. The minimum atomic E-state index is -4.21. The van der Waals surface area contributed by atoms with E-state index in [1.54, 1.807) is 6.07 Å². The van der Waals surface area contributed by atoms with Crippen LogP contribution in [0.3, 0.4) is 0 Å². The summed E-state index contributed by atoms with van der Waals surface area (Å²) in [6.45, 7) is 1.94. The van der Waals surface area contributed by atoms with Crippen molar-refractivity contribution in [1.29, 1.82) is 0 Å². The summed E-state index contributed by atoms with van der Waals surface area (Å²) in [6, 6.07) is 1.70. The first-order valence-electron chi connectivity index (χ1n) is 6.82. The number of rotatable bonds is 3. The fourth-order valence-electron chi connectivity index (χ4n) is 2.56. The van der Waals surface area contributed by atoms with Crippen LogP contribution in [-0.4, -0.2) is 22.3 Å². The van der Waals surface area contributed by atoms with Crippen molar-refractivity contribution in [3.8, 4) is 0 Å². The number of aromatic amines is 1. The van der Waals surface area contributed by atoms with Gasteiger partial charge in [0.25, 0.3) is 0 Å². The molecule has 7 heteroatoms. The minimum absolute atomic E-state index is 0.121. The Morgan fingerprint density at radius 1 is 1.50 bits per heavy atom. The maximum Gasteiger partial charge on any atom is 0.391 e. The quantitative estimate of drug-likeness (QED) is 0.897. The molecule has 2 rings (SSSR count). The molecule has 2 unspecified atom stereocenters. The molecule has 112 valence electrons. The number of anilines is 1. The summed E-state index contributed by atoms with van der Waals surface area (Å²) < 4.78 is 38.1. The topological polar surface area (TPSA) is 57.8 Å². The lowest BCUT2D eigenvalue weighted by atomic mass is 9.80. The molecule has 1 aliphatic carbocycles. The van der Waals surface area contributed by atoms with Crippen molar-refractivity contribution in [1.82, 2.24) is 10.2 Å². The number of aromatic nitrogens is 2. The summed E-state index contributed by atoms with van der Waals surface area (Å²) in [5, 5.41) is 9.25. The smallest absolute Gasteiger partial charge is 0.309 e. The van der Waals surface area contributed by atoms with Crippen LogP contribution >= 0.6 is 0 Å². The van der Waals surface area contributed by atoms with Crippen molar-refractivity contribution in [3.63, 3.8) is 0 Å². The highest BCUT2D eigenvalue weighted by Gasteiger charge is 2.43. The third kappa shape index (κ3) is 3.52. The molecule has 1 aromatic rings. The summed E-state index contributed by atoms with van der Waals surface area (Å²) in [5.74, 6) is -1.94. The molecule has 0 bridgehead atoms. The van der Waals surface area contributed by atoms with Crippen molar-refractivity contribution < 1.29 is 18.0 Å². The van der Waals surface area contributed by atoms with Crippen LogP contribution in [0.5, 0.6) is 0 Å². The molecule has 2 atom stereocenters. The first kappa shape index (κ1) is 14.9. The monoisotopic (exact) mass is 289 g/mol. The van der Waals surface area contributed by atoms with Gasteiger partial charge in [-0.2, -0.15) is 18.3 Å². The molecule has 0 aliphatic heterocycles. The number of H-pyrrole nitrogens is 1. The predicted octanol–water partition coefficient (Wildman–Crippen LogP) is 3.28. The summed E-state index contributed by atoms with van der Waals surface area (Å²) in [4.78, 5) is 12.0. The Morgan fingerprint density at radius 2 is 2.25 bits per heavy atom. The van der Waals surface area contributed by atoms with E-state index >= 15 is 0 Å². The molecule has 1 aliphatic rings. The van der Waals surface area contributed by atoms with Crippen LogP contribution in [0.25, 0.3) is 0 Å². The van der Waals surface area contributed by atoms with Crippen LogP contribution in [-0.2, 0) is 11.2 Å². The number of nitrogens with zero attached hydrogens (tertiary/aromatic N) is 1. The molecule has 0 radical (unpaired) electrons. The summed E-state index contributed by atoms with van der Waals surface area (Å²) in [5.41, 5.74) is 0.872. The fraction of sp³-hybridized carbons (Fsp3) is 0.692. The number of amides is 1. The van der Waals surface area contributed by atoms with E-state index < -0.39 is 18.0 Å². The van der Waals surface area contributed by atoms with Crippen molar-refractivity contribution in [2.45, 2.75) is 45.2 Å². The molecule has 4 nitrogen and oxygen atoms in total. The number of carbonyl (C=O) groups excluding carboxylic acids is 1. The number of nitrogens with one attached hydrogen (secondary N) is 2. The first-order valence-corrected chi connectivity index (χ1v) is 6.82. The largest absolute Gasteiger partial charge is 0.391 e. The molecule has 1 aromatic heterocycles. The van der Waals surface area contributed by atoms with Crippen molar-refractivity contribution in [2.24, 2.45) is 11.8 Å². The van der Waals surface area contributed by atoms with Gasteiger partial charge < -0.3 is 5.32 Å². The number of aryl methyl sites for hydroxylation is 1. The highest BCUT2D eigenvalue weighted by atomic mass is 19.4. The Bertz CT molecular complexity index is 470. The van der Waals surface area contributed by atoms with Gasteiger partial charge in [-0.1, -0.05) is 13.3 Å². The Hall–Kier alpha value is -1.53. The fourth-order valence-corrected chi connectivity index (χ4v) is 2.56. The molecular weight excluding hydrogens is 271 g/mol. The average Bonchev–Trinajstić information content (AvgIpc) is 2.85. The molecule has 0 saturated heterocycles. The number of hydrogen-bond donors (Lipinski definition) is 2. The van der Waals surface area contributed by atoms with Gasteiger partial charge in [0, 0.05) is 17.7 Å². The number of halogens is 3. The van der Waals surface area contributed by atoms with Crippen LogP contribution in [0, 0.1) is 11.8 Å². The van der Waals surface area contributed by atoms with E-state index in [2.05, 4.69) is 15.5 Å². The highest BCUT2D eigenvalue weighted by molar-refractivity contribution is 5.91. The normalized spacial score (nSPS) is 23.6. The van der Waals surface area contributed by atoms with Gasteiger partial charge in [-0.05, 0) is 25.7 Å². The average molecular weight is 289 g/mol. The maximum absolute atomic E-state index is 12.7. The van der Waals surface area contributed by atoms with Gasteiger partial charge in [-0.15, -0.1) is 0 Å². The van der Waals surface area contributed by atoms with Gasteiger partial charge in [0.05, 0.1) is 5.92 Å². The van der Waals surface area contributed by atoms with E-state index in [1.807, 2.05) is 6.92 Å². The summed E-state index contributed by atoms with van der Waals surface area (Å²) in [6.07, 6.45) is -2.52. The second-order valence-corrected chi connectivity index (χ2v) is 5.22. The minimum Gasteiger partial charge on any atom is -0.309 e. The number of carbonyl (C=O) groups is 1. The van der Waals surface area contributed by atoms with Crippen LogP contribution in [0.2, 0.25) is 0 Å². The third-order valence-corrected chi connectivity index (χ3v) is 3.77.